The van der Waals surface area contributed by atoms with Gasteiger partial charge in [-0.15, -0.1) is 0 Å². The minimum atomic E-state index is -0.629. The molecular weight excluding hydrogens is 274 g/mol. The van der Waals surface area contributed by atoms with Gasteiger partial charge in [-0.1, -0.05) is 23.2 Å². The molecule has 0 bridgehead atoms. The van der Waals surface area contributed by atoms with Gasteiger partial charge in [0.05, 0.1) is 11.2 Å². The van der Waals surface area contributed by atoms with Gasteiger partial charge >= 0.3 is 7.12 Å². The Hall–Kier alpha value is -0.415. The molecule has 0 unspecified atom stereocenters. The Bertz CT molecular complexity index is 449. The maximum atomic E-state index is 9.42. The van der Waals surface area contributed by atoms with Crippen LogP contribution in [0.1, 0.15) is 27.7 Å². The van der Waals surface area contributed by atoms with Crippen LogP contribution in [-0.4, -0.2) is 23.4 Å². The standard InChI is InChI=1S/C12H15BCl2O3/c1-11(2)12(3,4)18-13(17-11)10-8(14)5-7(16)6-9(10)15/h5-6,16H,1-4H3. The predicted octanol–water partition coefficient (Wildman–Crippen LogP) is 3.00. The van der Waals surface area contributed by atoms with Crippen molar-refractivity contribution in [1.29, 1.82) is 0 Å². The number of aromatic hydroxyl groups is 1. The summed E-state index contributed by atoms with van der Waals surface area (Å²) in [5, 5.41) is 10.1. The molecule has 2 rings (SSSR count). The minimum absolute atomic E-state index is 0.0188. The highest BCUT2D eigenvalue weighted by Crippen LogP contribution is 2.38. The van der Waals surface area contributed by atoms with Crippen LogP contribution < -0.4 is 5.46 Å². The fourth-order valence-corrected chi connectivity index (χ4v) is 2.41. The van der Waals surface area contributed by atoms with Crippen LogP contribution in [0.5, 0.6) is 5.75 Å². The van der Waals surface area contributed by atoms with Gasteiger partial charge in [-0.2, -0.15) is 0 Å². The number of rotatable bonds is 1. The van der Waals surface area contributed by atoms with Crippen molar-refractivity contribution in [3.63, 3.8) is 0 Å². The third-order valence-corrected chi connectivity index (χ3v) is 4.18. The van der Waals surface area contributed by atoms with Crippen LogP contribution in [0.25, 0.3) is 0 Å². The number of halogens is 2. The quantitative estimate of drug-likeness (QED) is 0.808. The molecule has 6 heteroatoms. The zero-order valence-corrected chi connectivity index (χ0v) is 12.3. The molecule has 0 aliphatic carbocycles. The molecule has 1 heterocycles. The molecule has 1 fully saturated rings. The van der Waals surface area contributed by atoms with E-state index in [2.05, 4.69) is 0 Å². The van der Waals surface area contributed by atoms with Crippen LogP contribution in [-0.2, 0) is 9.31 Å². The summed E-state index contributed by atoms with van der Waals surface area (Å²) in [4.78, 5) is 0. The minimum Gasteiger partial charge on any atom is -0.508 e. The van der Waals surface area contributed by atoms with Crippen LogP contribution in [0, 0.1) is 0 Å². The van der Waals surface area contributed by atoms with E-state index in [0.717, 1.165) is 0 Å². The lowest BCUT2D eigenvalue weighted by Crippen LogP contribution is -2.41. The van der Waals surface area contributed by atoms with Crippen molar-refractivity contribution in [2.45, 2.75) is 38.9 Å². The van der Waals surface area contributed by atoms with Gasteiger partial charge in [0, 0.05) is 15.5 Å². The molecule has 1 aliphatic heterocycles. The smallest absolute Gasteiger partial charge is 0.497 e. The van der Waals surface area contributed by atoms with E-state index < -0.39 is 18.3 Å². The lowest BCUT2D eigenvalue weighted by atomic mass is 9.79. The van der Waals surface area contributed by atoms with Crippen molar-refractivity contribution in [3.05, 3.63) is 22.2 Å². The van der Waals surface area contributed by atoms with Crippen LogP contribution in [0.15, 0.2) is 12.1 Å². The number of phenolic OH excluding ortho intramolecular Hbond substituents is 1. The van der Waals surface area contributed by atoms with E-state index in [1.807, 2.05) is 27.7 Å². The molecule has 0 radical (unpaired) electrons. The highest BCUT2D eigenvalue weighted by atomic mass is 35.5. The van der Waals surface area contributed by atoms with Gasteiger partial charge < -0.3 is 14.4 Å². The summed E-state index contributed by atoms with van der Waals surface area (Å²) in [6, 6.07) is 2.85. The fourth-order valence-electron chi connectivity index (χ4n) is 1.76. The third kappa shape index (κ3) is 2.23. The molecule has 1 N–H and O–H groups in total. The van der Waals surface area contributed by atoms with Gasteiger partial charge in [-0.3, -0.25) is 0 Å². The summed E-state index contributed by atoms with van der Waals surface area (Å²) in [6.45, 7) is 7.81. The van der Waals surface area contributed by atoms with Gasteiger partial charge in [0.2, 0.25) is 0 Å². The second-order valence-electron chi connectivity index (χ2n) is 5.41. The van der Waals surface area contributed by atoms with Crippen LogP contribution in [0.3, 0.4) is 0 Å². The summed E-state index contributed by atoms with van der Waals surface area (Å²) in [6.07, 6.45) is 0. The Morgan fingerprint density at radius 1 is 1.00 bits per heavy atom. The molecule has 1 aromatic carbocycles. The van der Waals surface area contributed by atoms with Crippen LogP contribution in [0.4, 0.5) is 0 Å². The first-order valence-corrected chi connectivity index (χ1v) is 6.43. The number of hydrogen-bond donors (Lipinski definition) is 1. The SMILES string of the molecule is CC1(C)OB(c2c(Cl)cc(O)cc2Cl)OC1(C)C. The van der Waals surface area contributed by atoms with E-state index in [9.17, 15) is 5.11 Å². The van der Waals surface area contributed by atoms with E-state index in [4.69, 9.17) is 32.5 Å². The highest BCUT2D eigenvalue weighted by molar-refractivity contribution is 6.69. The Morgan fingerprint density at radius 3 is 1.78 bits per heavy atom. The average Bonchev–Trinajstić information content (AvgIpc) is 2.32. The van der Waals surface area contributed by atoms with Crippen molar-refractivity contribution < 1.29 is 14.4 Å². The van der Waals surface area contributed by atoms with Crippen molar-refractivity contribution in [2.75, 3.05) is 0 Å². The van der Waals surface area contributed by atoms with Crippen molar-refractivity contribution >= 4 is 35.8 Å². The topological polar surface area (TPSA) is 38.7 Å². The normalized spacial score (nSPS) is 21.3. The second kappa shape index (κ2) is 4.31. The zero-order chi connectivity index (χ0) is 13.7. The number of phenols is 1. The van der Waals surface area contributed by atoms with Crippen molar-refractivity contribution in [1.82, 2.24) is 0 Å². The number of benzene rings is 1. The molecule has 1 saturated heterocycles. The molecule has 3 nitrogen and oxygen atoms in total. The molecule has 0 atom stereocenters. The predicted molar refractivity (Wildman–Crippen MR) is 73.8 cm³/mol. The second-order valence-corrected chi connectivity index (χ2v) is 6.23. The van der Waals surface area contributed by atoms with Gasteiger partial charge in [0.1, 0.15) is 5.75 Å². The molecule has 0 saturated carbocycles. The first-order chi connectivity index (χ1) is 8.14. The van der Waals surface area contributed by atoms with Gasteiger partial charge in [0.25, 0.3) is 0 Å². The Kier molecular flexibility index (Phi) is 3.35. The van der Waals surface area contributed by atoms with Crippen molar-refractivity contribution in [2.24, 2.45) is 0 Å². The summed E-state index contributed by atoms with van der Waals surface area (Å²) in [5.41, 5.74) is -0.362. The van der Waals surface area contributed by atoms with Gasteiger partial charge in [-0.05, 0) is 39.8 Å². The monoisotopic (exact) mass is 288 g/mol. The molecular formula is C12H15BCl2O3. The first kappa shape index (κ1) is 14.0. The summed E-state index contributed by atoms with van der Waals surface area (Å²) < 4.78 is 11.8. The maximum absolute atomic E-state index is 9.42. The van der Waals surface area contributed by atoms with Crippen molar-refractivity contribution in [3.8, 4) is 5.75 Å². The average molecular weight is 289 g/mol. The Balaban J connectivity index is 2.42. The lowest BCUT2D eigenvalue weighted by Gasteiger charge is -2.32. The van der Waals surface area contributed by atoms with Gasteiger partial charge in [-0.25, -0.2) is 0 Å². The van der Waals surface area contributed by atoms with Crippen LogP contribution in [0.2, 0.25) is 10.0 Å². The van der Waals surface area contributed by atoms with Crippen LogP contribution >= 0.6 is 23.2 Å². The van der Waals surface area contributed by atoms with E-state index in [-0.39, 0.29) is 5.75 Å². The molecule has 0 aromatic heterocycles. The molecule has 1 aromatic rings. The zero-order valence-electron chi connectivity index (χ0n) is 10.8. The van der Waals surface area contributed by atoms with E-state index in [0.29, 0.717) is 15.5 Å². The maximum Gasteiger partial charge on any atom is 0.497 e. The lowest BCUT2D eigenvalue weighted by molar-refractivity contribution is 0.00578. The summed E-state index contributed by atoms with van der Waals surface area (Å²) in [7, 11) is -0.629. The fraction of sp³-hybridized carbons (Fsp3) is 0.500. The molecule has 0 spiro atoms. The molecule has 0 amide bonds. The molecule has 18 heavy (non-hydrogen) atoms. The van der Waals surface area contributed by atoms with Gasteiger partial charge in [0.15, 0.2) is 0 Å². The van der Waals surface area contributed by atoms with E-state index >= 15 is 0 Å². The molecule has 1 aliphatic rings. The summed E-state index contributed by atoms with van der Waals surface area (Å²) in [5.74, 6) is 0.0188. The highest BCUT2D eigenvalue weighted by Gasteiger charge is 2.52. The first-order valence-electron chi connectivity index (χ1n) is 5.67. The van der Waals surface area contributed by atoms with E-state index in [1.54, 1.807) is 0 Å². The largest absolute Gasteiger partial charge is 0.508 e. The Morgan fingerprint density at radius 2 is 1.39 bits per heavy atom. The third-order valence-electron chi connectivity index (χ3n) is 3.55. The molecule has 98 valence electrons. The Labute approximate surface area is 117 Å². The number of hydrogen-bond acceptors (Lipinski definition) is 3. The summed E-state index contributed by atoms with van der Waals surface area (Å²) >= 11 is 12.2. The van der Waals surface area contributed by atoms with E-state index in [1.165, 1.54) is 12.1 Å².